The second kappa shape index (κ2) is 2.88. The summed E-state index contributed by atoms with van der Waals surface area (Å²) in [6.07, 6.45) is 0.418. The van der Waals surface area contributed by atoms with E-state index in [0.717, 1.165) is 6.42 Å². The minimum atomic E-state index is -0.408. The van der Waals surface area contributed by atoms with Crippen molar-refractivity contribution in [3.8, 4) is 0 Å². The Labute approximate surface area is 59.4 Å². The van der Waals surface area contributed by atoms with Crippen LogP contribution < -0.4 is 0 Å². The quantitative estimate of drug-likeness (QED) is 0.602. The highest BCUT2D eigenvalue weighted by Crippen LogP contribution is 2.13. The van der Waals surface area contributed by atoms with E-state index in [-0.39, 0.29) is 12.8 Å². The molecule has 0 aromatic carbocycles. The molecule has 1 unspecified atom stereocenters. The lowest BCUT2D eigenvalue weighted by Gasteiger charge is -2.15. The molecule has 58 valence electrons. The lowest BCUT2D eigenvalue weighted by atomic mass is 10.2. The third-order valence-corrected chi connectivity index (χ3v) is 1.70. The van der Waals surface area contributed by atoms with Crippen LogP contribution in [0.1, 0.15) is 13.3 Å². The van der Waals surface area contributed by atoms with Crippen molar-refractivity contribution in [1.29, 1.82) is 0 Å². The molecule has 0 aromatic rings. The number of aliphatic hydroxyl groups excluding tert-OH is 1. The van der Waals surface area contributed by atoms with Gasteiger partial charge in [0.05, 0.1) is 6.04 Å². The zero-order chi connectivity index (χ0) is 7.56. The molecule has 1 aliphatic heterocycles. The van der Waals surface area contributed by atoms with Crippen molar-refractivity contribution in [2.75, 3.05) is 13.3 Å². The lowest BCUT2D eigenvalue weighted by molar-refractivity contribution is 0.105. The second-order valence-electron chi connectivity index (χ2n) is 2.25. The van der Waals surface area contributed by atoms with E-state index in [4.69, 9.17) is 5.11 Å². The van der Waals surface area contributed by atoms with E-state index in [1.54, 1.807) is 0 Å². The molecule has 1 N–H and O–H groups in total. The zero-order valence-corrected chi connectivity index (χ0v) is 5.91. The van der Waals surface area contributed by atoms with E-state index in [0.29, 0.717) is 6.61 Å². The number of nitrogens with zero attached hydrogens (tertiary/aromatic N) is 1. The molecule has 4 nitrogen and oxygen atoms in total. The first-order valence-electron chi connectivity index (χ1n) is 3.33. The number of cyclic esters (lactones) is 1. The van der Waals surface area contributed by atoms with E-state index in [9.17, 15) is 4.79 Å². The van der Waals surface area contributed by atoms with Gasteiger partial charge in [-0.3, -0.25) is 4.90 Å². The first-order chi connectivity index (χ1) is 4.79. The molecule has 0 radical (unpaired) electrons. The molecule has 0 spiro atoms. The van der Waals surface area contributed by atoms with Gasteiger partial charge in [0.2, 0.25) is 0 Å². The summed E-state index contributed by atoms with van der Waals surface area (Å²) in [6, 6.07) is 0.0671. The molecule has 1 atom stereocenters. The third-order valence-electron chi connectivity index (χ3n) is 1.70. The molecule has 10 heavy (non-hydrogen) atoms. The fourth-order valence-electron chi connectivity index (χ4n) is 1.00. The maximum Gasteiger partial charge on any atom is 0.412 e. The minimum Gasteiger partial charge on any atom is -0.447 e. The molecular weight excluding hydrogens is 134 g/mol. The average Bonchev–Trinajstić information content (AvgIpc) is 2.30. The fraction of sp³-hybridized carbons (Fsp3) is 0.833. The summed E-state index contributed by atoms with van der Waals surface area (Å²) in [5.74, 6) is 0. The van der Waals surface area contributed by atoms with Crippen molar-refractivity contribution in [3.05, 3.63) is 0 Å². The van der Waals surface area contributed by atoms with Gasteiger partial charge in [-0.2, -0.15) is 0 Å². The Bertz CT molecular complexity index is 137. The topological polar surface area (TPSA) is 49.8 Å². The fourth-order valence-corrected chi connectivity index (χ4v) is 1.00. The average molecular weight is 145 g/mol. The predicted octanol–water partition coefficient (Wildman–Crippen LogP) is 0.167. The van der Waals surface area contributed by atoms with Crippen LogP contribution in [0.4, 0.5) is 4.79 Å². The van der Waals surface area contributed by atoms with Gasteiger partial charge in [0.15, 0.2) is 0 Å². The van der Waals surface area contributed by atoms with Crippen LogP contribution in [-0.4, -0.2) is 35.5 Å². The Hall–Kier alpha value is -0.770. The molecular formula is C6H11NO3. The SMILES string of the molecule is CCC1COC(=O)N1CO. The van der Waals surface area contributed by atoms with Gasteiger partial charge in [0.25, 0.3) is 0 Å². The monoisotopic (exact) mass is 145 g/mol. The van der Waals surface area contributed by atoms with Crippen molar-refractivity contribution >= 4 is 6.09 Å². The van der Waals surface area contributed by atoms with Crippen LogP contribution >= 0.6 is 0 Å². The highest BCUT2D eigenvalue weighted by atomic mass is 16.6. The molecule has 1 amide bonds. The summed E-state index contributed by atoms with van der Waals surface area (Å²) in [5.41, 5.74) is 0. The second-order valence-corrected chi connectivity index (χ2v) is 2.25. The molecule has 0 bridgehead atoms. The number of carbonyl (C=O) groups is 1. The summed E-state index contributed by atoms with van der Waals surface area (Å²) in [4.78, 5) is 12.0. The summed E-state index contributed by atoms with van der Waals surface area (Å²) in [6.45, 7) is 2.13. The maximum atomic E-state index is 10.7. The third kappa shape index (κ3) is 1.07. The summed E-state index contributed by atoms with van der Waals surface area (Å²) >= 11 is 0. The highest BCUT2D eigenvalue weighted by molar-refractivity contribution is 5.69. The van der Waals surface area contributed by atoms with Gasteiger partial charge >= 0.3 is 6.09 Å². The molecule has 0 aromatic heterocycles. The molecule has 1 aliphatic rings. The van der Waals surface area contributed by atoms with Gasteiger partial charge < -0.3 is 9.84 Å². The van der Waals surface area contributed by atoms with Crippen molar-refractivity contribution in [2.45, 2.75) is 19.4 Å². The lowest BCUT2D eigenvalue weighted by Crippen LogP contribution is -2.33. The van der Waals surface area contributed by atoms with Crippen LogP contribution in [-0.2, 0) is 4.74 Å². The number of hydrogen-bond donors (Lipinski definition) is 1. The minimum absolute atomic E-state index is 0.0671. The number of rotatable bonds is 2. The molecule has 1 saturated heterocycles. The van der Waals surface area contributed by atoms with Crippen LogP contribution in [0.2, 0.25) is 0 Å². The normalized spacial score (nSPS) is 25.2. The first kappa shape index (κ1) is 7.34. The van der Waals surface area contributed by atoms with Crippen LogP contribution in [0.5, 0.6) is 0 Å². The Morgan fingerprint density at radius 3 is 3.00 bits per heavy atom. The Kier molecular flexibility index (Phi) is 2.11. The van der Waals surface area contributed by atoms with E-state index >= 15 is 0 Å². The molecule has 0 aliphatic carbocycles. The Morgan fingerprint density at radius 1 is 1.90 bits per heavy atom. The first-order valence-corrected chi connectivity index (χ1v) is 3.33. The van der Waals surface area contributed by atoms with Gasteiger partial charge in [-0.05, 0) is 6.42 Å². The van der Waals surface area contributed by atoms with Crippen LogP contribution in [0.3, 0.4) is 0 Å². The Morgan fingerprint density at radius 2 is 2.60 bits per heavy atom. The molecule has 1 fully saturated rings. The van der Waals surface area contributed by atoms with Crippen LogP contribution in [0.15, 0.2) is 0 Å². The number of ether oxygens (including phenoxy) is 1. The number of amides is 1. The summed E-state index contributed by atoms with van der Waals surface area (Å²) in [5, 5.41) is 8.66. The number of hydrogen-bond acceptors (Lipinski definition) is 3. The predicted molar refractivity (Wildman–Crippen MR) is 34.4 cm³/mol. The largest absolute Gasteiger partial charge is 0.447 e. The van der Waals surface area contributed by atoms with Gasteiger partial charge in [0, 0.05) is 0 Å². The van der Waals surface area contributed by atoms with Gasteiger partial charge in [0.1, 0.15) is 13.3 Å². The standard InChI is InChI=1S/C6H11NO3/c1-2-5-3-10-6(9)7(5)4-8/h5,8H,2-4H2,1H3. The van der Waals surface area contributed by atoms with E-state index in [2.05, 4.69) is 4.74 Å². The Balaban J connectivity index is 2.54. The van der Waals surface area contributed by atoms with Crippen molar-refractivity contribution in [1.82, 2.24) is 4.90 Å². The number of carbonyl (C=O) groups excluding carboxylic acids is 1. The van der Waals surface area contributed by atoms with Crippen molar-refractivity contribution in [2.24, 2.45) is 0 Å². The van der Waals surface area contributed by atoms with Gasteiger partial charge in [-0.1, -0.05) is 6.92 Å². The zero-order valence-electron chi connectivity index (χ0n) is 5.91. The van der Waals surface area contributed by atoms with Gasteiger partial charge in [-0.15, -0.1) is 0 Å². The summed E-state index contributed by atoms with van der Waals surface area (Å²) in [7, 11) is 0. The van der Waals surface area contributed by atoms with E-state index in [1.807, 2.05) is 6.92 Å². The molecule has 4 heteroatoms. The molecule has 1 rings (SSSR count). The van der Waals surface area contributed by atoms with Crippen LogP contribution in [0.25, 0.3) is 0 Å². The molecule has 1 heterocycles. The smallest absolute Gasteiger partial charge is 0.412 e. The van der Waals surface area contributed by atoms with E-state index in [1.165, 1.54) is 4.90 Å². The number of aliphatic hydroxyl groups is 1. The maximum absolute atomic E-state index is 10.7. The van der Waals surface area contributed by atoms with Crippen molar-refractivity contribution < 1.29 is 14.6 Å². The van der Waals surface area contributed by atoms with Crippen molar-refractivity contribution in [3.63, 3.8) is 0 Å². The summed E-state index contributed by atoms with van der Waals surface area (Å²) < 4.78 is 4.69. The van der Waals surface area contributed by atoms with E-state index < -0.39 is 6.09 Å². The van der Waals surface area contributed by atoms with Gasteiger partial charge in [-0.25, -0.2) is 4.79 Å². The van der Waals surface area contributed by atoms with Crippen LogP contribution in [0, 0.1) is 0 Å². The molecule has 0 saturated carbocycles. The highest BCUT2D eigenvalue weighted by Gasteiger charge is 2.30.